The van der Waals surface area contributed by atoms with Gasteiger partial charge in [-0.3, -0.25) is 0 Å². The van der Waals surface area contributed by atoms with Crippen molar-refractivity contribution in [2.45, 2.75) is 18.8 Å². The summed E-state index contributed by atoms with van der Waals surface area (Å²) >= 11 is 3.03. The van der Waals surface area contributed by atoms with Crippen molar-refractivity contribution in [2.24, 2.45) is 5.84 Å². The molecule has 1 fully saturated rings. The molecule has 5 nitrogen and oxygen atoms in total. The predicted octanol–water partition coefficient (Wildman–Crippen LogP) is 3.42. The average molecular weight is 356 g/mol. The van der Waals surface area contributed by atoms with Crippen LogP contribution in [0.15, 0.2) is 22.7 Å². The number of hydrogen-bond donors (Lipinski definition) is 3. The molecule has 0 bridgehead atoms. The van der Waals surface area contributed by atoms with Crippen LogP contribution in [0.4, 0.5) is 26.1 Å². The number of anilines is 3. The van der Waals surface area contributed by atoms with Crippen LogP contribution in [0.25, 0.3) is 0 Å². The zero-order chi connectivity index (χ0) is 15.0. The van der Waals surface area contributed by atoms with E-state index in [2.05, 4.69) is 36.6 Å². The molecule has 0 amide bonds. The fourth-order valence-corrected chi connectivity index (χ4v) is 2.32. The lowest BCUT2D eigenvalue weighted by molar-refractivity contribution is 0.589. The Bertz CT molecular complexity index is 667. The number of rotatable bonds is 4. The number of benzene rings is 1. The number of nitrogens with one attached hydrogen (secondary N) is 2. The first-order valence-corrected chi connectivity index (χ1v) is 7.13. The molecule has 1 aliphatic rings. The van der Waals surface area contributed by atoms with E-state index in [-0.39, 0.29) is 5.69 Å². The normalized spacial score (nSPS) is 14.1. The van der Waals surface area contributed by atoms with E-state index in [9.17, 15) is 8.78 Å². The van der Waals surface area contributed by atoms with Crippen LogP contribution in [-0.4, -0.2) is 9.97 Å². The van der Waals surface area contributed by atoms with Gasteiger partial charge in [0.1, 0.15) is 23.1 Å². The first kappa shape index (κ1) is 14.2. The van der Waals surface area contributed by atoms with Gasteiger partial charge in [0, 0.05) is 16.5 Å². The SMILES string of the molecule is NNc1cc(Nc2c(F)cc(Br)cc2F)nc(C2CC2)n1. The Morgan fingerprint density at radius 3 is 2.29 bits per heavy atom. The van der Waals surface area contributed by atoms with Gasteiger partial charge in [0.15, 0.2) is 11.6 Å². The van der Waals surface area contributed by atoms with Gasteiger partial charge >= 0.3 is 0 Å². The Kier molecular flexibility index (Phi) is 3.73. The van der Waals surface area contributed by atoms with Gasteiger partial charge in [-0.25, -0.2) is 24.6 Å². The monoisotopic (exact) mass is 355 g/mol. The molecule has 0 atom stereocenters. The predicted molar refractivity (Wildman–Crippen MR) is 79.2 cm³/mol. The Morgan fingerprint density at radius 1 is 1.10 bits per heavy atom. The van der Waals surface area contributed by atoms with E-state index in [1.807, 2.05) is 0 Å². The topological polar surface area (TPSA) is 75.9 Å². The van der Waals surface area contributed by atoms with Crippen LogP contribution in [0.2, 0.25) is 0 Å². The lowest BCUT2D eigenvalue weighted by atomic mass is 10.3. The van der Waals surface area contributed by atoms with Crippen molar-refractivity contribution in [3.05, 3.63) is 40.1 Å². The van der Waals surface area contributed by atoms with Crippen LogP contribution in [0.3, 0.4) is 0 Å². The summed E-state index contributed by atoms with van der Waals surface area (Å²) in [7, 11) is 0. The van der Waals surface area contributed by atoms with Gasteiger partial charge in [0.25, 0.3) is 0 Å². The van der Waals surface area contributed by atoms with Crippen molar-refractivity contribution in [3.8, 4) is 0 Å². The number of nitrogens with zero attached hydrogens (tertiary/aromatic N) is 2. The first-order valence-electron chi connectivity index (χ1n) is 6.34. The molecule has 1 aromatic carbocycles. The van der Waals surface area contributed by atoms with Crippen LogP contribution >= 0.6 is 15.9 Å². The molecule has 1 heterocycles. The molecule has 8 heteroatoms. The summed E-state index contributed by atoms with van der Waals surface area (Å²) in [4.78, 5) is 8.51. The van der Waals surface area contributed by atoms with E-state index in [4.69, 9.17) is 5.84 Å². The Morgan fingerprint density at radius 2 is 1.71 bits per heavy atom. The number of hydrazine groups is 1. The summed E-state index contributed by atoms with van der Waals surface area (Å²) in [5.74, 6) is 5.53. The Labute approximate surface area is 128 Å². The summed E-state index contributed by atoms with van der Waals surface area (Å²) in [5, 5.41) is 2.65. The van der Waals surface area contributed by atoms with Crippen molar-refractivity contribution in [1.29, 1.82) is 0 Å². The number of nitrogen functional groups attached to an aromatic ring is 1. The molecule has 1 aliphatic carbocycles. The van der Waals surface area contributed by atoms with Crippen LogP contribution < -0.4 is 16.6 Å². The quantitative estimate of drug-likeness (QED) is 0.578. The minimum Gasteiger partial charge on any atom is -0.335 e. The van der Waals surface area contributed by atoms with Crippen molar-refractivity contribution in [3.63, 3.8) is 0 Å². The second-order valence-electron chi connectivity index (χ2n) is 4.78. The van der Waals surface area contributed by atoms with Crippen molar-refractivity contribution in [2.75, 3.05) is 10.7 Å². The number of hydrogen-bond acceptors (Lipinski definition) is 5. The summed E-state index contributed by atoms with van der Waals surface area (Å²) in [6.45, 7) is 0. The molecular weight excluding hydrogens is 344 g/mol. The maximum Gasteiger partial charge on any atom is 0.150 e. The molecule has 3 rings (SSSR count). The zero-order valence-electron chi connectivity index (χ0n) is 10.8. The molecule has 0 aliphatic heterocycles. The Balaban J connectivity index is 1.96. The fraction of sp³-hybridized carbons (Fsp3) is 0.231. The van der Waals surface area contributed by atoms with Crippen LogP contribution in [0.1, 0.15) is 24.6 Å². The molecule has 1 saturated carbocycles. The third-order valence-electron chi connectivity index (χ3n) is 3.09. The lowest BCUT2D eigenvalue weighted by Crippen LogP contribution is -2.11. The highest BCUT2D eigenvalue weighted by molar-refractivity contribution is 9.10. The van der Waals surface area contributed by atoms with Gasteiger partial charge in [-0.1, -0.05) is 15.9 Å². The Hall–Kier alpha value is -1.80. The molecule has 0 unspecified atom stereocenters. The molecular formula is C13H12BrF2N5. The van der Waals surface area contributed by atoms with Crippen molar-refractivity contribution < 1.29 is 8.78 Å². The summed E-state index contributed by atoms with van der Waals surface area (Å²) in [6, 6.07) is 3.85. The second-order valence-corrected chi connectivity index (χ2v) is 5.70. The van der Waals surface area contributed by atoms with Crippen molar-refractivity contribution in [1.82, 2.24) is 9.97 Å². The number of halogens is 3. The number of aromatic nitrogens is 2. The maximum atomic E-state index is 13.8. The van der Waals surface area contributed by atoms with Gasteiger partial charge in [-0.05, 0) is 25.0 Å². The molecule has 0 radical (unpaired) electrons. The molecule has 21 heavy (non-hydrogen) atoms. The largest absolute Gasteiger partial charge is 0.335 e. The minimum absolute atomic E-state index is 0.262. The summed E-state index contributed by atoms with van der Waals surface area (Å²) in [6.07, 6.45) is 2.02. The smallest absolute Gasteiger partial charge is 0.150 e. The minimum atomic E-state index is -0.712. The summed E-state index contributed by atoms with van der Waals surface area (Å²) in [5.41, 5.74) is 2.17. The highest BCUT2D eigenvalue weighted by Gasteiger charge is 2.27. The van der Waals surface area contributed by atoms with E-state index in [1.165, 1.54) is 18.2 Å². The van der Waals surface area contributed by atoms with Crippen molar-refractivity contribution >= 4 is 33.3 Å². The van der Waals surface area contributed by atoms with E-state index in [0.717, 1.165) is 12.8 Å². The van der Waals surface area contributed by atoms with E-state index < -0.39 is 11.6 Å². The highest BCUT2D eigenvalue weighted by Crippen LogP contribution is 2.39. The van der Waals surface area contributed by atoms with Crippen LogP contribution in [-0.2, 0) is 0 Å². The van der Waals surface area contributed by atoms with Crippen LogP contribution in [0.5, 0.6) is 0 Å². The maximum absolute atomic E-state index is 13.8. The van der Waals surface area contributed by atoms with Gasteiger partial charge in [0.05, 0.1) is 0 Å². The molecule has 4 N–H and O–H groups in total. The van der Waals surface area contributed by atoms with E-state index in [1.54, 1.807) is 0 Å². The molecule has 0 spiro atoms. The molecule has 2 aromatic rings. The summed E-state index contributed by atoms with van der Waals surface area (Å²) < 4.78 is 28.0. The average Bonchev–Trinajstić information content (AvgIpc) is 3.27. The third-order valence-corrected chi connectivity index (χ3v) is 3.55. The van der Waals surface area contributed by atoms with Gasteiger partial charge in [-0.15, -0.1) is 0 Å². The van der Waals surface area contributed by atoms with E-state index in [0.29, 0.717) is 27.9 Å². The zero-order valence-corrected chi connectivity index (χ0v) is 12.4. The third kappa shape index (κ3) is 3.11. The van der Waals surface area contributed by atoms with Gasteiger partial charge in [-0.2, -0.15) is 0 Å². The standard InChI is InChI=1S/C13H12BrF2N5/c14-7-3-8(15)12(9(16)4-7)18-10-5-11(21-17)20-13(19-10)6-1-2-6/h3-6H,1-2,17H2,(H2,18,19,20,21). The fourth-order valence-electron chi connectivity index (χ4n) is 1.92. The molecule has 110 valence electrons. The highest BCUT2D eigenvalue weighted by atomic mass is 79.9. The molecule has 1 aromatic heterocycles. The number of nitrogens with two attached hydrogens (primary N) is 1. The van der Waals surface area contributed by atoms with Crippen LogP contribution in [0, 0.1) is 11.6 Å². The second kappa shape index (κ2) is 5.53. The van der Waals surface area contributed by atoms with E-state index >= 15 is 0 Å². The first-order chi connectivity index (χ1) is 10.1. The lowest BCUT2D eigenvalue weighted by Gasteiger charge is -2.11. The van der Waals surface area contributed by atoms with Gasteiger partial charge < -0.3 is 10.7 Å². The molecule has 0 saturated heterocycles. The van der Waals surface area contributed by atoms with Gasteiger partial charge in [0.2, 0.25) is 0 Å².